The average molecular weight is 453 g/mol. The van der Waals surface area contributed by atoms with Crippen LogP contribution in [0.1, 0.15) is 25.3 Å². The minimum Gasteiger partial charge on any atom is -0.363 e. The lowest BCUT2D eigenvalue weighted by molar-refractivity contribution is 0.739. The first-order chi connectivity index (χ1) is 11.7. The number of aliphatic imine (C=N–C) groups is 1. The van der Waals surface area contributed by atoms with Crippen LogP contribution in [0.25, 0.3) is 10.9 Å². The van der Waals surface area contributed by atoms with Crippen LogP contribution in [0, 0.1) is 5.92 Å². The molecule has 1 fully saturated rings. The van der Waals surface area contributed by atoms with Gasteiger partial charge >= 0.3 is 0 Å². The molecule has 0 saturated heterocycles. The maximum Gasteiger partial charge on any atom is 0.191 e. The van der Waals surface area contributed by atoms with Crippen LogP contribution in [0.2, 0.25) is 0 Å². The lowest BCUT2D eigenvalue weighted by atomic mass is 10.1. The number of fused-ring (bicyclic) bond motifs is 1. The van der Waals surface area contributed by atoms with Gasteiger partial charge in [0.1, 0.15) is 5.82 Å². The van der Waals surface area contributed by atoms with E-state index in [-0.39, 0.29) is 24.0 Å². The SMILES string of the molecule is CCNC(=NCc1cc(N(C)C)nc2ccccc12)NCC1CC1.I. The Morgan fingerprint density at radius 3 is 2.68 bits per heavy atom. The molecule has 0 radical (unpaired) electrons. The van der Waals surface area contributed by atoms with Gasteiger partial charge in [0.15, 0.2) is 5.96 Å². The molecule has 1 heterocycles. The third-order valence-electron chi connectivity index (χ3n) is 4.25. The van der Waals surface area contributed by atoms with Gasteiger partial charge < -0.3 is 15.5 Å². The van der Waals surface area contributed by atoms with E-state index in [9.17, 15) is 0 Å². The summed E-state index contributed by atoms with van der Waals surface area (Å²) >= 11 is 0. The Labute approximate surface area is 167 Å². The first-order valence-corrected chi connectivity index (χ1v) is 8.75. The lowest BCUT2D eigenvalue weighted by Crippen LogP contribution is -2.38. The third kappa shape index (κ3) is 5.45. The minimum absolute atomic E-state index is 0. The van der Waals surface area contributed by atoms with Gasteiger partial charge in [0.25, 0.3) is 0 Å². The van der Waals surface area contributed by atoms with Crippen molar-refractivity contribution >= 4 is 46.7 Å². The molecule has 0 aliphatic heterocycles. The summed E-state index contributed by atoms with van der Waals surface area (Å²) in [5.41, 5.74) is 2.22. The molecule has 0 atom stereocenters. The van der Waals surface area contributed by atoms with E-state index in [1.54, 1.807) is 0 Å². The Morgan fingerprint density at radius 2 is 2.00 bits per heavy atom. The molecule has 1 aliphatic rings. The minimum atomic E-state index is 0. The predicted molar refractivity (Wildman–Crippen MR) is 117 cm³/mol. The molecule has 1 aromatic heterocycles. The Morgan fingerprint density at radius 1 is 1.24 bits per heavy atom. The Kier molecular flexibility index (Phi) is 7.28. The summed E-state index contributed by atoms with van der Waals surface area (Å²) in [6, 6.07) is 10.4. The molecule has 6 heteroatoms. The molecule has 0 spiro atoms. The molecule has 5 nitrogen and oxygen atoms in total. The number of benzene rings is 1. The van der Waals surface area contributed by atoms with Gasteiger partial charge in [-0.15, -0.1) is 24.0 Å². The van der Waals surface area contributed by atoms with E-state index in [0.29, 0.717) is 6.54 Å². The molecular formula is C19H28IN5. The summed E-state index contributed by atoms with van der Waals surface area (Å²) < 4.78 is 0. The Bertz CT molecular complexity index is 725. The molecule has 2 N–H and O–H groups in total. The summed E-state index contributed by atoms with van der Waals surface area (Å²) in [6.07, 6.45) is 2.68. The van der Waals surface area contributed by atoms with Crippen LogP contribution in [0.15, 0.2) is 35.3 Å². The molecule has 136 valence electrons. The van der Waals surface area contributed by atoms with Crippen molar-refractivity contribution in [3.8, 4) is 0 Å². The number of pyridine rings is 1. The van der Waals surface area contributed by atoms with E-state index in [0.717, 1.165) is 36.3 Å². The summed E-state index contributed by atoms with van der Waals surface area (Å²) in [4.78, 5) is 11.5. The first kappa shape index (κ1) is 19.8. The first-order valence-electron chi connectivity index (χ1n) is 8.75. The summed E-state index contributed by atoms with van der Waals surface area (Å²) in [5, 5.41) is 7.96. The van der Waals surface area contributed by atoms with Crippen LogP contribution in [-0.4, -0.2) is 38.1 Å². The molecule has 0 unspecified atom stereocenters. The van der Waals surface area contributed by atoms with Crippen LogP contribution in [-0.2, 0) is 6.54 Å². The molecule has 2 aromatic rings. The van der Waals surface area contributed by atoms with Crippen molar-refractivity contribution in [3.05, 3.63) is 35.9 Å². The fraction of sp³-hybridized carbons (Fsp3) is 0.474. The van der Waals surface area contributed by atoms with Gasteiger partial charge in [-0.1, -0.05) is 18.2 Å². The lowest BCUT2D eigenvalue weighted by Gasteiger charge is -2.15. The number of nitrogens with one attached hydrogen (secondary N) is 2. The van der Waals surface area contributed by atoms with Crippen LogP contribution >= 0.6 is 24.0 Å². The number of anilines is 1. The van der Waals surface area contributed by atoms with Gasteiger partial charge in [0, 0.05) is 32.6 Å². The monoisotopic (exact) mass is 453 g/mol. The third-order valence-corrected chi connectivity index (χ3v) is 4.25. The van der Waals surface area contributed by atoms with E-state index >= 15 is 0 Å². The molecule has 3 rings (SSSR count). The largest absolute Gasteiger partial charge is 0.363 e. The highest BCUT2D eigenvalue weighted by Crippen LogP contribution is 2.27. The number of guanidine groups is 1. The van der Waals surface area contributed by atoms with E-state index in [1.807, 2.05) is 25.1 Å². The molecule has 25 heavy (non-hydrogen) atoms. The second-order valence-corrected chi connectivity index (χ2v) is 6.57. The predicted octanol–water partition coefficient (Wildman–Crippen LogP) is 3.38. The molecule has 1 saturated carbocycles. The number of nitrogens with zero attached hydrogens (tertiary/aromatic N) is 3. The number of rotatable bonds is 6. The highest BCUT2D eigenvalue weighted by atomic mass is 127. The van der Waals surface area contributed by atoms with Crippen molar-refractivity contribution in [3.63, 3.8) is 0 Å². The molecule has 0 bridgehead atoms. The normalized spacial score (nSPS) is 14.1. The van der Waals surface area contributed by atoms with Crippen LogP contribution in [0.4, 0.5) is 5.82 Å². The van der Waals surface area contributed by atoms with Gasteiger partial charge in [-0.2, -0.15) is 0 Å². The molecule has 0 amide bonds. The maximum absolute atomic E-state index is 4.78. The average Bonchev–Trinajstić information content (AvgIpc) is 3.41. The number of para-hydroxylation sites is 1. The van der Waals surface area contributed by atoms with Gasteiger partial charge in [0.2, 0.25) is 0 Å². The van der Waals surface area contributed by atoms with E-state index in [2.05, 4.69) is 41.8 Å². The number of hydrogen-bond donors (Lipinski definition) is 2. The number of halogens is 1. The van der Waals surface area contributed by atoms with Crippen molar-refractivity contribution in [2.45, 2.75) is 26.3 Å². The van der Waals surface area contributed by atoms with Crippen molar-refractivity contribution in [2.75, 3.05) is 32.1 Å². The number of hydrogen-bond acceptors (Lipinski definition) is 3. The highest BCUT2D eigenvalue weighted by molar-refractivity contribution is 14.0. The summed E-state index contributed by atoms with van der Waals surface area (Å²) in [5.74, 6) is 2.70. The van der Waals surface area contributed by atoms with Gasteiger partial charge in [-0.05, 0) is 43.4 Å². The van der Waals surface area contributed by atoms with E-state index in [1.165, 1.54) is 23.8 Å². The fourth-order valence-electron chi connectivity index (χ4n) is 2.66. The summed E-state index contributed by atoms with van der Waals surface area (Å²) in [7, 11) is 4.04. The van der Waals surface area contributed by atoms with Crippen molar-refractivity contribution in [1.82, 2.24) is 15.6 Å². The maximum atomic E-state index is 4.78. The van der Waals surface area contributed by atoms with Crippen molar-refractivity contribution < 1.29 is 0 Å². The van der Waals surface area contributed by atoms with Gasteiger partial charge in [0.05, 0.1) is 12.1 Å². The van der Waals surface area contributed by atoms with Gasteiger partial charge in [-0.3, -0.25) is 0 Å². The van der Waals surface area contributed by atoms with Crippen LogP contribution < -0.4 is 15.5 Å². The molecule has 1 aromatic carbocycles. The zero-order valence-electron chi connectivity index (χ0n) is 15.2. The Hall–Kier alpha value is -1.57. The summed E-state index contributed by atoms with van der Waals surface area (Å²) in [6.45, 7) is 4.63. The van der Waals surface area contributed by atoms with E-state index in [4.69, 9.17) is 9.98 Å². The van der Waals surface area contributed by atoms with E-state index < -0.39 is 0 Å². The second-order valence-electron chi connectivity index (χ2n) is 6.57. The molecular weight excluding hydrogens is 425 g/mol. The zero-order chi connectivity index (χ0) is 16.9. The second kappa shape index (κ2) is 9.22. The zero-order valence-corrected chi connectivity index (χ0v) is 17.6. The van der Waals surface area contributed by atoms with Crippen LogP contribution in [0.5, 0.6) is 0 Å². The standard InChI is InChI=1S/C19H27N5.HI/c1-4-20-19(21-12-14-9-10-14)22-13-15-11-18(24(2)3)23-17-8-6-5-7-16(15)17;/h5-8,11,14H,4,9-10,12-13H2,1-3H3,(H2,20,21,22);1H. The van der Waals surface area contributed by atoms with Crippen molar-refractivity contribution in [2.24, 2.45) is 10.9 Å². The van der Waals surface area contributed by atoms with Crippen LogP contribution in [0.3, 0.4) is 0 Å². The highest BCUT2D eigenvalue weighted by Gasteiger charge is 2.21. The quantitative estimate of drug-likeness (QED) is 0.400. The number of aromatic nitrogens is 1. The smallest absolute Gasteiger partial charge is 0.191 e. The fourth-order valence-corrected chi connectivity index (χ4v) is 2.66. The topological polar surface area (TPSA) is 52.6 Å². The van der Waals surface area contributed by atoms with Gasteiger partial charge in [-0.25, -0.2) is 9.98 Å². The molecule has 1 aliphatic carbocycles. The van der Waals surface area contributed by atoms with Crippen molar-refractivity contribution in [1.29, 1.82) is 0 Å². The Balaban J connectivity index is 0.00000225.